The molecule has 41 heavy (non-hydrogen) atoms. The molecule has 2 N–H and O–H groups in total. The summed E-state index contributed by atoms with van der Waals surface area (Å²) >= 11 is 0. The van der Waals surface area contributed by atoms with Crippen LogP contribution in [0, 0.1) is 0 Å². The standard InChI is InChI=1S/C32H32BN2O6/c36-31(38-21-25-13-5-1-6-14-25)34-29(27-17-9-3-10-18-27)23-40-33-41-24-30(28-19-11-4-12-20-28)35-32(37)39-22-26-15-7-2-8-16-26/h1-20,29-30H,21-24H2,(H,34,36)(H,35,37). The van der Waals surface area contributed by atoms with E-state index in [1.165, 1.54) is 7.69 Å². The Balaban J connectivity index is 1.26. The lowest BCUT2D eigenvalue weighted by atomic mass is 10.1. The Kier molecular flexibility index (Phi) is 11.8. The van der Waals surface area contributed by atoms with Gasteiger partial charge in [-0.3, -0.25) is 0 Å². The van der Waals surface area contributed by atoms with Crippen LogP contribution in [0.15, 0.2) is 121 Å². The van der Waals surface area contributed by atoms with Crippen LogP contribution < -0.4 is 10.6 Å². The van der Waals surface area contributed by atoms with Crippen LogP contribution in [0.2, 0.25) is 0 Å². The quantitative estimate of drug-likeness (QED) is 0.150. The van der Waals surface area contributed by atoms with Gasteiger partial charge < -0.3 is 29.4 Å². The highest BCUT2D eigenvalue weighted by Gasteiger charge is 2.19. The SMILES string of the molecule is O=C(NC(CO[B]OCC(NC(=O)OCc1ccccc1)c1ccccc1)c1ccccc1)OCc1ccccc1. The predicted octanol–water partition coefficient (Wildman–Crippen LogP) is 5.89. The molecule has 2 atom stereocenters. The Morgan fingerprint density at radius 2 is 0.878 bits per heavy atom. The van der Waals surface area contributed by atoms with E-state index in [1.807, 2.05) is 121 Å². The maximum Gasteiger partial charge on any atom is 0.488 e. The van der Waals surface area contributed by atoms with Crippen LogP contribution in [-0.4, -0.2) is 33.1 Å². The zero-order valence-electron chi connectivity index (χ0n) is 22.6. The first-order valence-electron chi connectivity index (χ1n) is 13.3. The number of nitrogens with one attached hydrogen (secondary N) is 2. The molecule has 0 fully saturated rings. The third kappa shape index (κ3) is 10.5. The molecular weight excluding hydrogens is 519 g/mol. The van der Waals surface area contributed by atoms with Crippen LogP contribution in [0.25, 0.3) is 0 Å². The first-order valence-corrected chi connectivity index (χ1v) is 13.3. The molecule has 2 amide bonds. The van der Waals surface area contributed by atoms with Crippen molar-refractivity contribution in [2.75, 3.05) is 13.2 Å². The van der Waals surface area contributed by atoms with E-state index < -0.39 is 24.3 Å². The normalized spacial score (nSPS) is 12.0. The summed E-state index contributed by atoms with van der Waals surface area (Å²) < 4.78 is 22.0. The van der Waals surface area contributed by atoms with Crippen LogP contribution in [0.3, 0.4) is 0 Å². The third-order valence-electron chi connectivity index (χ3n) is 6.08. The maximum absolute atomic E-state index is 12.5. The van der Waals surface area contributed by atoms with Gasteiger partial charge in [0.05, 0.1) is 25.3 Å². The first-order chi connectivity index (χ1) is 20.2. The van der Waals surface area contributed by atoms with Gasteiger partial charge in [0.2, 0.25) is 0 Å². The summed E-state index contributed by atoms with van der Waals surface area (Å²) in [4.78, 5) is 25.0. The second-order valence-corrected chi connectivity index (χ2v) is 9.10. The van der Waals surface area contributed by atoms with Crippen molar-refractivity contribution in [1.82, 2.24) is 10.6 Å². The topological polar surface area (TPSA) is 95.1 Å². The number of hydrogen-bond acceptors (Lipinski definition) is 6. The van der Waals surface area contributed by atoms with Gasteiger partial charge in [0.25, 0.3) is 0 Å². The summed E-state index contributed by atoms with van der Waals surface area (Å²) in [5.41, 5.74) is 3.48. The minimum Gasteiger partial charge on any atom is -0.445 e. The monoisotopic (exact) mass is 551 g/mol. The zero-order chi connectivity index (χ0) is 28.5. The third-order valence-corrected chi connectivity index (χ3v) is 6.08. The van der Waals surface area contributed by atoms with Crippen molar-refractivity contribution in [3.8, 4) is 0 Å². The van der Waals surface area contributed by atoms with Gasteiger partial charge in [-0.2, -0.15) is 0 Å². The minimum atomic E-state index is -0.561. The smallest absolute Gasteiger partial charge is 0.445 e. The molecule has 1 radical (unpaired) electrons. The van der Waals surface area contributed by atoms with Crippen LogP contribution >= 0.6 is 0 Å². The van der Waals surface area contributed by atoms with E-state index in [2.05, 4.69) is 10.6 Å². The number of carbonyl (C=O) groups excluding carboxylic acids is 2. The molecule has 0 bridgehead atoms. The summed E-state index contributed by atoms with van der Waals surface area (Å²) in [5, 5.41) is 5.69. The number of hydrogen-bond donors (Lipinski definition) is 2. The lowest BCUT2D eigenvalue weighted by Crippen LogP contribution is -2.34. The van der Waals surface area contributed by atoms with Gasteiger partial charge in [-0.25, -0.2) is 9.59 Å². The molecule has 0 saturated heterocycles. The fourth-order valence-corrected chi connectivity index (χ4v) is 3.95. The van der Waals surface area contributed by atoms with Gasteiger partial charge in [-0.1, -0.05) is 121 Å². The number of ether oxygens (including phenoxy) is 2. The van der Waals surface area contributed by atoms with Crippen LogP contribution in [0.4, 0.5) is 9.59 Å². The van der Waals surface area contributed by atoms with Gasteiger partial charge in [-0.05, 0) is 22.3 Å². The van der Waals surface area contributed by atoms with E-state index in [9.17, 15) is 9.59 Å². The fourth-order valence-electron chi connectivity index (χ4n) is 3.95. The van der Waals surface area contributed by atoms with Crippen molar-refractivity contribution in [2.24, 2.45) is 0 Å². The lowest BCUT2D eigenvalue weighted by molar-refractivity contribution is 0.124. The highest BCUT2D eigenvalue weighted by molar-refractivity contribution is 6.17. The fraction of sp³-hybridized carbons (Fsp3) is 0.188. The summed E-state index contributed by atoms with van der Waals surface area (Å²) in [6.07, 6.45) is -1.12. The largest absolute Gasteiger partial charge is 0.488 e. The number of benzene rings is 4. The van der Waals surface area contributed by atoms with Gasteiger partial charge in [-0.15, -0.1) is 0 Å². The highest BCUT2D eigenvalue weighted by atomic mass is 16.6. The summed E-state index contributed by atoms with van der Waals surface area (Å²) in [6, 6.07) is 36.8. The van der Waals surface area contributed by atoms with Gasteiger partial charge in [0, 0.05) is 0 Å². The molecule has 0 spiro atoms. The molecule has 209 valence electrons. The molecule has 2 unspecified atom stereocenters. The molecule has 0 aromatic heterocycles. The van der Waals surface area contributed by atoms with Crippen molar-refractivity contribution >= 4 is 19.9 Å². The first kappa shape index (κ1) is 29.4. The van der Waals surface area contributed by atoms with Crippen LogP contribution in [0.5, 0.6) is 0 Å². The molecule has 0 aliphatic carbocycles. The average molecular weight is 551 g/mol. The second-order valence-electron chi connectivity index (χ2n) is 9.10. The van der Waals surface area contributed by atoms with E-state index in [0.717, 1.165) is 22.3 Å². The van der Waals surface area contributed by atoms with Crippen LogP contribution in [-0.2, 0) is 32.0 Å². The summed E-state index contributed by atoms with van der Waals surface area (Å²) in [6.45, 7) is 0.526. The summed E-state index contributed by atoms with van der Waals surface area (Å²) in [5.74, 6) is 0. The molecule has 0 aliphatic heterocycles. The predicted molar refractivity (Wildman–Crippen MR) is 156 cm³/mol. The van der Waals surface area contributed by atoms with E-state index >= 15 is 0 Å². The number of alkyl carbamates (subject to hydrolysis) is 2. The van der Waals surface area contributed by atoms with Crippen molar-refractivity contribution in [3.63, 3.8) is 0 Å². The molecule has 9 heteroatoms. The number of carbonyl (C=O) groups is 2. The number of rotatable bonds is 14. The van der Waals surface area contributed by atoms with Crippen LogP contribution in [0.1, 0.15) is 34.3 Å². The maximum atomic E-state index is 12.5. The van der Waals surface area contributed by atoms with Crippen molar-refractivity contribution in [3.05, 3.63) is 144 Å². The molecule has 0 aliphatic rings. The molecular formula is C32H32BN2O6. The van der Waals surface area contributed by atoms with Crippen molar-refractivity contribution < 1.29 is 28.4 Å². The Hall–Kier alpha value is -4.60. The molecule has 4 aromatic rings. The molecule has 0 saturated carbocycles. The van der Waals surface area contributed by atoms with Crippen molar-refractivity contribution in [2.45, 2.75) is 25.3 Å². The lowest BCUT2D eigenvalue weighted by Gasteiger charge is -2.21. The molecule has 0 heterocycles. The second kappa shape index (κ2) is 16.5. The van der Waals surface area contributed by atoms with E-state index in [4.69, 9.17) is 18.8 Å². The zero-order valence-corrected chi connectivity index (χ0v) is 22.6. The van der Waals surface area contributed by atoms with E-state index in [-0.39, 0.29) is 26.4 Å². The van der Waals surface area contributed by atoms with Crippen molar-refractivity contribution in [1.29, 1.82) is 0 Å². The molecule has 4 aromatic carbocycles. The number of amides is 2. The average Bonchev–Trinajstić information content (AvgIpc) is 3.03. The van der Waals surface area contributed by atoms with E-state index in [1.54, 1.807) is 0 Å². The summed E-state index contributed by atoms with van der Waals surface area (Å²) in [7, 11) is 1.21. The highest BCUT2D eigenvalue weighted by Crippen LogP contribution is 2.16. The minimum absolute atomic E-state index is 0.104. The van der Waals surface area contributed by atoms with Gasteiger partial charge in [0.15, 0.2) is 0 Å². The Labute approximate surface area is 240 Å². The van der Waals surface area contributed by atoms with E-state index in [0.29, 0.717) is 0 Å². The molecule has 4 rings (SSSR count). The van der Waals surface area contributed by atoms with Gasteiger partial charge >= 0.3 is 19.9 Å². The molecule has 8 nitrogen and oxygen atoms in total. The van der Waals surface area contributed by atoms with Gasteiger partial charge in [0.1, 0.15) is 13.2 Å². The Morgan fingerprint density at radius 3 is 1.24 bits per heavy atom. The Morgan fingerprint density at radius 1 is 0.537 bits per heavy atom. The Bertz CT molecular complexity index is 1210.